The van der Waals surface area contributed by atoms with Gasteiger partial charge in [0.25, 0.3) is 0 Å². The van der Waals surface area contributed by atoms with E-state index in [1.807, 2.05) is 18.7 Å². The first-order valence-corrected chi connectivity index (χ1v) is 6.11. The van der Waals surface area contributed by atoms with Crippen molar-refractivity contribution in [3.63, 3.8) is 0 Å². The number of hydrogen-bond donors (Lipinski definition) is 1. The van der Waals surface area contributed by atoms with Crippen LogP contribution in [-0.4, -0.2) is 29.3 Å². The van der Waals surface area contributed by atoms with Crippen LogP contribution >= 0.6 is 0 Å². The fraction of sp³-hybridized carbons (Fsp3) is 0.667. The highest BCUT2D eigenvalue weighted by atomic mass is 19.4. The Morgan fingerprint density at radius 3 is 2.47 bits per heavy atom. The lowest BCUT2D eigenvalue weighted by Gasteiger charge is -2.42. The maximum atomic E-state index is 12.4. The van der Waals surface area contributed by atoms with Crippen molar-refractivity contribution in [3.05, 3.63) is 17.8 Å². The van der Waals surface area contributed by atoms with Crippen LogP contribution in [0.2, 0.25) is 0 Å². The third-order valence-corrected chi connectivity index (χ3v) is 3.58. The van der Waals surface area contributed by atoms with E-state index in [1.165, 1.54) is 6.07 Å². The molecule has 0 aliphatic carbocycles. The van der Waals surface area contributed by atoms with Crippen LogP contribution in [0, 0.1) is 5.41 Å². The summed E-state index contributed by atoms with van der Waals surface area (Å²) in [5.74, 6) is 0.466. The third kappa shape index (κ3) is 2.97. The van der Waals surface area contributed by atoms with E-state index < -0.39 is 11.9 Å². The SMILES string of the molecule is CC1(C)CN(c2ccc(C(F)(F)F)nn2)CCC1N. The van der Waals surface area contributed by atoms with Gasteiger partial charge in [-0.05, 0) is 24.0 Å². The van der Waals surface area contributed by atoms with Crippen molar-refractivity contribution in [2.24, 2.45) is 11.1 Å². The molecule has 0 aromatic carbocycles. The maximum absolute atomic E-state index is 12.4. The van der Waals surface area contributed by atoms with Crippen LogP contribution in [-0.2, 0) is 6.18 Å². The predicted octanol–water partition coefficient (Wildman–Crippen LogP) is 2.06. The number of hydrogen-bond acceptors (Lipinski definition) is 4. The van der Waals surface area contributed by atoms with E-state index in [0.717, 1.165) is 12.5 Å². The third-order valence-electron chi connectivity index (χ3n) is 3.58. The first-order valence-electron chi connectivity index (χ1n) is 6.11. The molecule has 2 rings (SSSR count). The smallest absolute Gasteiger partial charge is 0.354 e. The lowest BCUT2D eigenvalue weighted by Crippen LogP contribution is -2.52. The molecule has 1 aliphatic heterocycles. The van der Waals surface area contributed by atoms with E-state index in [2.05, 4.69) is 10.2 Å². The van der Waals surface area contributed by atoms with Gasteiger partial charge < -0.3 is 10.6 Å². The molecule has 1 aromatic rings. The topological polar surface area (TPSA) is 55.0 Å². The number of alkyl halides is 3. The molecule has 1 saturated heterocycles. The minimum absolute atomic E-state index is 0.0890. The zero-order chi connectivity index (χ0) is 14.3. The first-order chi connectivity index (χ1) is 8.70. The second-order valence-electron chi connectivity index (χ2n) is 5.58. The molecule has 106 valence electrons. The van der Waals surface area contributed by atoms with Crippen molar-refractivity contribution in [2.75, 3.05) is 18.0 Å². The molecular formula is C12H17F3N4. The summed E-state index contributed by atoms with van der Waals surface area (Å²) in [4.78, 5) is 1.93. The van der Waals surface area contributed by atoms with Gasteiger partial charge in [0.1, 0.15) is 0 Å². The Labute approximate surface area is 109 Å². The number of piperidine rings is 1. The van der Waals surface area contributed by atoms with Crippen molar-refractivity contribution < 1.29 is 13.2 Å². The van der Waals surface area contributed by atoms with Gasteiger partial charge in [-0.25, -0.2) is 0 Å². The summed E-state index contributed by atoms with van der Waals surface area (Å²) in [6.45, 7) is 5.43. The zero-order valence-corrected chi connectivity index (χ0v) is 10.9. The number of rotatable bonds is 1. The Balaban J connectivity index is 2.15. The van der Waals surface area contributed by atoms with Crippen LogP contribution < -0.4 is 10.6 Å². The van der Waals surface area contributed by atoms with Crippen LogP contribution in [0.25, 0.3) is 0 Å². The lowest BCUT2D eigenvalue weighted by molar-refractivity contribution is -0.141. The Morgan fingerprint density at radius 2 is 2.00 bits per heavy atom. The average molecular weight is 274 g/mol. The summed E-state index contributed by atoms with van der Waals surface area (Å²) in [5, 5.41) is 6.92. The van der Waals surface area contributed by atoms with Crippen LogP contribution in [0.1, 0.15) is 26.0 Å². The highest BCUT2D eigenvalue weighted by Crippen LogP contribution is 2.31. The van der Waals surface area contributed by atoms with Gasteiger partial charge in [0, 0.05) is 19.1 Å². The average Bonchev–Trinajstić information content (AvgIpc) is 2.32. The van der Waals surface area contributed by atoms with Crippen molar-refractivity contribution in [3.8, 4) is 0 Å². The van der Waals surface area contributed by atoms with Gasteiger partial charge in [-0.15, -0.1) is 10.2 Å². The largest absolute Gasteiger partial charge is 0.435 e. The van der Waals surface area contributed by atoms with Gasteiger partial charge in [0.2, 0.25) is 0 Å². The fourth-order valence-corrected chi connectivity index (χ4v) is 2.21. The molecule has 0 saturated carbocycles. The monoisotopic (exact) mass is 274 g/mol. The Hall–Kier alpha value is -1.37. The van der Waals surface area contributed by atoms with Gasteiger partial charge in [0.05, 0.1) is 0 Å². The molecule has 19 heavy (non-hydrogen) atoms. The Bertz CT molecular complexity index is 441. The first kappa shape index (κ1) is 14.0. The zero-order valence-electron chi connectivity index (χ0n) is 10.9. The number of nitrogens with two attached hydrogens (primary N) is 1. The lowest BCUT2D eigenvalue weighted by atomic mass is 9.80. The number of halogens is 3. The second-order valence-corrected chi connectivity index (χ2v) is 5.58. The maximum Gasteiger partial charge on any atom is 0.435 e. The molecule has 0 radical (unpaired) electrons. The van der Waals surface area contributed by atoms with E-state index >= 15 is 0 Å². The van der Waals surface area contributed by atoms with Crippen LogP contribution in [0.5, 0.6) is 0 Å². The van der Waals surface area contributed by atoms with E-state index in [-0.39, 0.29) is 11.5 Å². The molecular weight excluding hydrogens is 257 g/mol. The number of aromatic nitrogens is 2. The van der Waals surface area contributed by atoms with E-state index in [0.29, 0.717) is 18.9 Å². The molecule has 7 heteroatoms. The Kier molecular flexibility index (Phi) is 3.42. The molecule has 1 aliphatic rings. The summed E-state index contributed by atoms with van der Waals surface area (Å²) >= 11 is 0. The minimum atomic E-state index is -4.45. The molecule has 0 spiro atoms. The highest BCUT2D eigenvalue weighted by molar-refractivity contribution is 5.39. The second kappa shape index (κ2) is 4.63. The van der Waals surface area contributed by atoms with Crippen molar-refractivity contribution in [1.82, 2.24) is 10.2 Å². The molecule has 0 bridgehead atoms. The van der Waals surface area contributed by atoms with E-state index in [4.69, 9.17) is 5.73 Å². The molecule has 1 aromatic heterocycles. The van der Waals surface area contributed by atoms with E-state index in [9.17, 15) is 13.2 Å². The minimum Gasteiger partial charge on any atom is -0.354 e. The predicted molar refractivity (Wildman–Crippen MR) is 65.6 cm³/mol. The van der Waals surface area contributed by atoms with Crippen molar-refractivity contribution >= 4 is 5.82 Å². The highest BCUT2D eigenvalue weighted by Gasteiger charge is 2.35. The standard InChI is InChI=1S/C12H17F3N4/c1-11(2)7-19(6-5-8(11)16)10-4-3-9(17-18-10)12(13,14)15/h3-4,8H,5-7,16H2,1-2H3. The summed E-state index contributed by atoms with van der Waals surface area (Å²) < 4.78 is 37.2. The van der Waals surface area contributed by atoms with Gasteiger partial charge in [-0.1, -0.05) is 13.8 Å². The van der Waals surface area contributed by atoms with Crippen molar-refractivity contribution in [2.45, 2.75) is 32.5 Å². The van der Waals surface area contributed by atoms with Gasteiger partial charge in [-0.2, -0.15) is 13.2 Å². The van der Waals surface area contributed by atoms with Crippen LogP contribution in [0.3, 0.4) is 0 Å². The van der Waals surface area contributed by atoms with Crippen LogP contribution in [0.15, 0.2) is 12.1 Å². The Morgan fingerprint density at radius 1 is 1.32 bits per heavy atom. The normalized spacial score (nSPS) is 23.5. The summed E-state index contributed by atoms with van der Waals surface area (Å²) in [7, 11) is 0. The molecule has 1 unspecified atom stereocenters. The quantitative estimate of drug-likeness (QED) is 0.851. The summed E-state index contributed by atoms with van der Waals surface area (Å²) in [6, 6.07) is 2.42. The van der Waals surface area contributed by atoms with Gasteiger partial charge >= 0.3 is 6.18 Å². The molecule has 4 nitrogen and oxygen atoms in total. The van der Waals surface area contributed by atoms with Crippen LogP contribution in [0.4, 0.5) is 19.0 Å². The summed E-state index contributed by atoms with van der Waals surface area (Å²) in [6.07, 6.45) is -3.66. The summed E-state index contributed by atoms with van der Waals surface area (Å²) in [5.41, 5.74) is 4.96. The molecule has 2 heterocycles. The van der Waals surface area contributed by atoms with Crippen molar-refractivity contribution in [1.29, 1.82) is 0 Å². The fourth-order valence-electron chi connectivity index (χ4n) is 2.21. The molecule has 1 fully saturated rings. The molecule has 2 N–H and O–H groups in total. The van der Waals surface area contributed by atoms with E-state index in [1.54, 1.807) is 0 Å². The number of nitrogens with zero attached hydrogens (tertiary/aromatic N) is 3. The molecule has 0 amide bonds. The van der Waals surface area contributed by atoms with Gasteiger partial charge in [0.15, 0.2) is 11.5 Å². The molecule has 1 atom stereocenters. The number of anilines is 1. The van der Waals surface area contributed by atoms with Gasteiger partial charge in [-0.3, -0.25) is 0 Å².